The largest absolute Gasteiger partial charge is 0.292 e. The minimum Gasteiger partial charge on any atom is -0.292 e. The van der Waals surface area contributed by atoms with Crippen LogP contribution in [0.25, 0.3) is 0 Å². The van der Waals surface area contributed by atoms with Gasteiger partial charge in [0.05, 0.1) is 21.4 Å². The van der Waals surface area contributed by atoms with Crippen molar-refractivity contribution in [1.82, 2.24) is 0 Å². The highest BCUT2D eigenvalue weighted by Crippen LogP contribution is 2.15. The van der Waals surface area contributed by atoms with Gasteiger partial charge in [0.25, 0.3) is 0 Å². The Morgan fingerprint density at radius 2 is 1.94 bits per heavy atom. The van der Waals surface area contributed by atoms with Crippen molar-refractivity contribution in [1.29, 1.82) is 0 Å². The highest BCUT2D eigenvalue weighted by atomic mass is 35.5. The normalized spacial score (nSPS) is 12.3. The molecule has 0 bridgehead atoms. The Balaban J connectivity index is 2.07. The van der Waals surface area contributed by atoms with Gasteiger partial charge in [-0.25, -0.2) is 0 Å². The Kier molecular flexibility index (Phi) is 4.10. The van der Waals surface area contributed by atoms with Crippen LogP contribution in [-0.4, -0.2) is 15.7 Å². The van der Waals surface area contributed by atoms with Crippen molar-refractivity contribution in [3.05, 3.63) is 51.7 Å². The number of thiophene rings is 1. The fraction of sp³-hybridized carbons (Fsp3) is 0.0833. The molecule has 5 heteroatoms. The average Bonchev–Trinajstić information content (AvgIpc) is 2.83. The van der Waals surface area contributed by atoms with Crippen LogP contribution in [0.5, 0.6) is 0 Å². The molecule has 0 aliphatic carbocycles. The standard InChI is InChI=1S/C12H9ClO2S2/c13-9-3-5-10(6-4-9)17(15)8-11(14)12-2-1-7-16-12/h1-7H,8H2. The van der Waals surface area contributed by atoms with Crippen molar-refractivity contribution in [2.45, 2.75) is 4.90 Å². The second kappa shape index (κ2) is 5.58. The number of ketones is 1. The van der Waals surface area contributed by atoms with Crippen molar-refractivity contribution < 1.29 is 9.00 Å². The summed E-state index contributed by atoms with van der Waals surface area (Å²) in [5.74, 6) is -0.0735. The third-order valence-electron chi connectivity index (χ3n) is 2.13. The molecule has 2 nitrogen and oxygen atoms in total. The maximum atomic E-state index is 11.9. The molecule has 1 unspecified atom stereocenters. The summed E-state index contributed by atoms with van der Waals surface area (Å²) in [6.45, 7) is 0. The molecule has 0 aliphatic heterocycles. The van der Waals surface area contributed by atoms with Crippen LogP contribution in [0.3, 0.4) is 0 Å². The summed E-state index contributed by atoms with van der Waals surface area (Å²) in [4.78, 5) is 13.0. The molecule has 17 heavy (non-hydrogen) atoms. The van der Waals surface area contributed by atoms with Crippen LogP contribution in [0.1, 0.15) is 9.67 Å². The zero-order valence-corrected chi connectivity index (χ0v) is 11.1. The number of carbonyl (C=O) groups excluding carboxylic acids is 1. The van der Waals surface area contributed by atoms with E-state index >= 15 is 0 Å². The van der Waals surface area contributed by atoms with Crippen LogP contribution in [0.4, 0.5) is 0 Å². The number of hydrogen-bond acceptors (Lipinski definition) is 3. The van der Waals surface area contributed by atoms with E-state index in [0.717, 1.165) is 0 Å². The van der Waals surface area contributed by atoms with Gasteiger partial charge in [0.15, 0.2) is 5.78 Å². The van der Waals surface area contributed by atoms with Gasteiger partial charge >= 0.3 is 0 Å². The molecule has 2 rings (SSSR count). The van der Waals surface area contributed by atoms with Gasteiger partial charge in [-0.15, -0.1) is 11.3 Å². The van der Waals surface area contributed by atoms with E-state index in [4.69, 9.17) is 11.6 Å². The first kappa shape index (κ1) is 12.5. The van der Waals surface area contributed by atoms with E-state index in [1.807, 2.05) is 11.4 Å². The third kappa shape index (κ3) is 3.25. The van der Waals surface area contributed by atoms with Crippen LogP contribution in [0, 0.1) is 0 Å². The predicted octanol–water partition coefficient (Wildman–Crippen LogP) is 3.39. The molecule has 1 aromatic carbocycles. The third-order valence-corrected chi connectivity index (χ3v) is 4.62. The van der Waals surface area contributed by atoms with Crippen LogP contribution < -0.4 is 0 Å². The molecule has 1 atom stereocenters. The first-order valence-electron chi connectivity index (χ1n) is 4.87. The number of carbonyl (C=O) groups is 1. The lowest BCUT2D eigenvalue weighted by Crippen LogP contribution is -2.09. The number of benzene rings is 1. The highest BCUT2D eigenvalue weighted by molar-refractivity contribution is 7.85. The van der Waals surface area contributed by atoms with E-state index in [-0.39, 0.29) is 11.5 Å². The minimum absolute atomic E-state index is 0.0160. The van der Waals surface area contributed by atoms with E-state index in [1.54, 1.807) is 30.3 Å². The average molecular weight is 285 g/mol. The molecule has 0 N–H and O–H groups in total. The Bertz CT molecular complexity index is 532. The van der Waals surface area contributed by atoms with Crippen molar-refractivity contribution in [3.8, 4) is 0 Å². The first-order chi connectivity index (χ1) is 8.16. The van der Waals surface area contributed by atoms with E-state index in [2.05, 4.69) is 0 Å². The smallest absolute Gasteiger partial charge is 0.185 e. The fourth-order valence-corrected chi connectivity index (χ4v) is 3.18. The fourth-order valence-electron chi connectivity index (χ4n) is 1.30. The van der Waals surface area contributed by atoms with Gasteiger partial charge in [0.1, 0.15) is 0 Å². The lowest BCUT2D eigenvalue weighted by atomic mass is 10.3. The summed E-state index contributed by atoms with van der Waals surface area (Å²) >= 11 is 7.10. The number of hydrogen-bond donors (Lipinski definition) is 0. The zero-order chi connectivity index (χ0) is 12.3. The van der Waals surface area contributed by atoms with Gasteiger partial charge in [-0.1, -0.05) is 17.7 Å². The number of Topliss-reactive ketones (excluding diaryl/α,β-unsaturated/α-hetero) is 1. The second-order valence-corrected chi connectivity index (χ2v) is 6.18. The van der Waals surface area contributed by atoms with Crippen molar-refractivity contribution in [2.75, 3.05) is 5.75 Å². The molecule has 1 heterocycles. The van der Waals surface area contributed by atoms with Crippen LogP contribution in [0.2, 0.25) is 5.02 Å². The monoisotopic (exact) mass is 284 g/mol. The first-order valence-corrected chi connectivity index (χ1v) is 7.45. The Hall–Kier alpha value is -0.970. The molecular formula is C12H9ClO2S2. The SMILES string of the molecule is O=C(CS(=O)c1ccc(Cl)cc1)c1cccs1. The molecule has 88 valence electrons. The molecule has 0 amide bonds. The minimum atomic E-state index is -1.31. The molecule has 1 aromatic heterocycles. The molecule has 0 aliphatic rings. The molecular weight excluding hydrogens is 276 g/mol. The van der Waals surface area contributed by atoms with E-state index < -0.39 is 10.8 Å². The molecule has 2 aromatic rings. The van der Waals surface area contributed by atoms with Crippen LogP contribution >= 0.6 is 22.9 Å². The van der Waals surface area contributed by atoms with Crippen LogP contribution in [0.15, 0.2) is 46.7 Å². The predicted molar refractivity (Wildman–Crippen MR) is 71.4 cm³/mol. The summed E-state index contributed by atoms with van der Waals surface area (Å²) in [6, 6.07) is 10.3. The molecule has 0 fully saturated rings. The summed E-state index contributed by atoms with van der Waals surface area (Å²) in [6.07, 6.45) is 0. The van der Waals surface area contributed by atoms with Gasteiger partial charge in [-0.2, -0.15) is 0 Å². The van der Waals surface area contributed by atoms with Crippen LogP contribution in [-0.2, 0) is 10.8 Å². The van der Waals surface area contributed by atoms with Gasteiger partial charge in [0, 0.05) is 9.92 Å². The maximum absolute atomic E-state index is 11.9. The lowest BCUT2D eigenvalue weighted by molar-refractivity contribution is 0.102. The van der Waals surface area contributed by atoms with Gasteiger partial charge in [-0.05, 0) is 35.7 Å². The molecule has 0 saturated heterocycles. The van der Waals surface area contributed by atoms with Gasteiger partial charge in [0.2, 0.25) is 0 Å². The van der Waals surface area contributed by atoms with E-state index in [9.17, 15) is 9.00 Å². The molecule has 0 saturated carbocycles. The maximum Gasteiger partial charge on any atom is 0.185 e. The topological polar surface area (TPSA) is 34.1 Å². The Morgan fingerprint density at radius 1 is 1.24 bits per heavy atom. The van der Waals surface area contributed by atoms with Gasteiger partial charge in [-0.3, -0.25) is 9.00 Å². The van der Waals surface area contributed by atoms with Crippen molar-refractivity contribution >= 4 is 39.5 Å². The lowest BCUT2D eigenvalue weighted by Gasteiger charge is -2.00. The quantitative estimate of drug-likeness (QED) is 0.807. The summed E-state index contributed by atoms with van der Waals surface area (Å²) in [7, 11) is -1.31. The van der Waals surface area contributed by atoms with Crippen molar-refractivity contribution in [2.24, 2.45) is 0 Å². The molecule has 0 radical (unpaired) electrons. The second-order valence-electron chi connectivity index (χ2n) is 3.34. The summed E-state index contributed by atoms with van der Waals surface area (Å²) < 4.78 is 11.9. The Labute approximate surface area is 111 Å². The molecule has 0 spiro atoms. The highest BCUT2D eigenvalue weighted by Gasteiger charge is 2.12. The van der Waals surface area contributed by atoms with Gasteiger partial charge < -0.3 is 0 Å². The summed E-state index contributed by atoms with van der Waals surface area (Å²) in [5.41, 5.74) is 0. The number of halogens is 1. The zero-order valence-electron chi connectivity index (χ0n) is 8.76. The number of rotatable bonds is 4. The van der Waals surface area contributed by atoms with E-state index in [0.29, 0.717) is 14.8 Å². The van der Waals surface area contributed by atoms with Crippen molar-refractivity contribution in [3.63, 3.8) is 0 Å². The summed E-state index contributed by atoms with van der Waals surface area (Å²) in [5, 5.41) is 2.42. The van der Waals surface area contributed by atoms with E-state index in [1.165, 1.54) is 11.3 Å². The Morgan fingerprint density at radius 3 is 2.53 bits per heavy atom.